The van der Waals surface area contributed by atoms with Crippen LogP contribution in [-0.4, -0.2) is 31.7 Å². The summed E-state index contributed by atoms with van der Waals surface area (Å²) in [5, 5.41) is 2.89. The van der Waals surface area contributed by atoms with Gasteiger partial charge in [-0.2, -0.15) is 4.31 Å². The molecule has 2 fully saturated rings. The highest BCUT2D eigenvalue weighted by atomic mass is 32.2. The number of hydrogen-bond donors (Lipinski definition) is 1. The van der Waals surface area contributed by atoms with E-state index in [9.17, 15) is 13.2 Å². The Morgan fingerprint density at radius 2 is 1.56 bits per heavy atom. The van der Waals surface area contributed by atoms with E-state index in [1.54, 1.807) is 28.6 Å². The molecule has 6 heteroatoms. The summed E-state index contributed by atoms with van der Waals surface area (Å²) < 4.78 is 27.1. The van der Waals surface area contributed by atoms with E-state index >= 15 is 0 Å². The first-order valence-corrected chi connectivity index (χ1v) is 10.9. The standard InChI is InChI=1S/C19H28N2O3S/c22-19(15-16-7-3-4-8-16)20-17-9-11-18(12-10-17)25(23,24)21-13-5-1-2-6-14-21/h9-12,16H,1-8,13-15H2,(H,20,22). The molecule has 0 radical (unpaired) electrons. The van der Waals surface area contributed by atoms with Crippen LogP contribution in [0.25, 0.3) is 0 Å². The van der Waals surface area contributed by atoms with Crippen LogP contribution in [0, 0.1) is 5.92 Å². The fraction of sp³-hybridized carbons (Fsp3) is 0.632. The molecule has 1 aromatic rings. The Kier molecular flexibility index (Phi) is 6.12. The van der Waals surface area contributed by atoms with Gasteiger partial charge in [-0.3, -0.25) is 4.79 Å². The normalized spacial score (nSPS) is 20.3. The Labute approximate surface area is 150 Å². The van der Waals surface area contributed by atoms with E-state index in [1.165, 1.54) is 12.8 Å². The minimum Gasteiger partial charge on any atom is -0.326 e. The Morgan fingerprint density at radius 1 is 0.960 bits per heavy atom. The molecule has 1 saturated carbocycles. The fourth-order valence-electron chi connectivity index (χ4n) is 3.83. The lowest BCUT2D eigenvalue weighted by Crippen LogP contribution is -2.31. The largest absolute Gasteiger partial charge is 0.326 e. The Balaban J connectivity index is 1.61. The lowest BCUT2D eigenvalue weighted by Gasteiger charge is -2.20. The molecule has 1 amide bonds. The van der Waals surface area contributed by atoms with Crippen molar-refractivity contribution in [2.75, 3.05) is 18.4 Å². The first-order chi connectivity index (χ1) is 12.1. The van der Waals surface area contributed by atoms with Gasteiger partial charge in [-0.1, -0.05) is 25.7 Å². The van der Waals surface area contributed by atoms with Gasteiger partial charge in [0.2, 0.25) is 15.9 Å². The van der Waals surface area contributed by atoms with Crippen molar-refractivity contribution >= 4 is 21.6 Å². The van der Waals surface area contributed by atoms with Crippen LogP contribution in [0.15, 0.2) is 29.2 Å². The molecule has 1 aliphatic heterocycles. The van der Waals surface area contributed by atoms with Crippen molar-refractivity contribution < 1.29 is 13.2 Å². The average molecular weight is 365 g/mol. The summed E-state index contributed by atoms with van der Waals surface area (Å²) in [6.45, 7) is 1.20. The van der Waals surface area contributed by atoms with Crippen molar-refractivity contribution in [3.05, 3.63) is 24.3 Å². The average Bonchev–Trinajstić information content (AvgIpc) is 2.94. The van der Waals surface area contributed by atoms with E-state index < -0.39 is 10.0 Å². The zero-order chi connectivity index (χ0) is 17.7. The van der Waals surface area contributed by atoms with E-state index in [2.05, 4.69) is 5.32 Å². The van der Waals surface area contributed by atoms with E-state index in [0.29, 0.717) is 36.0 Å². The molecule has 1 N–H and O–H groups in total. The molecule has 3 rings (SSSR count). The minimum absolute atomic E-state index is 0.0232. The number of carbonyl (C=O) groups is 1. The topological polar surface area (TPSA) is 66.5 Å². The van der Waals surface area contributed by atoms with Gasteiger partial charge in [0.25, 0.3) is 0 Å². The second-order valence-electron chi connectivity index (χ2n) is 7.25. The van der Waals surface area contributed by atoms with Gasteiger partial charge in [-0.15, -0.1) is 0 Å². The molecule has 0 spiro atoms. The highest BCUT2D eigenvalue weighted by Crippen LogP contribution is 2.28. The van der Waals surface area contributed by atoms with Crippen LogP contribution < -0.4 is 5.32 Å². The third-order valence-electron chi connectivity index (χ3n) is 5.29. The van der Waals surface area contributed by atoms with Crippen LogP contribution in [0.3, 0.4) is 0 Å². The number of carbonyl (C=O) groups excluding carboxylic acids is 1. The van der Waals surface area contributed by atoms with E-state index in [1.807, 2.05) is 0 Å². The molecule has 1 aromatic carbocycles. The summed E-state index contributed by atoms with van der Waals surface area (Å²) in [5.74, 6) is 0.526. The molecule has 0 bridgehead atoms. The van der Waals surface area contributed by atoms with Gasteiger partial charge in [-0.05, 0) is 55.9 Å². The number of hydrogen-bond acceptors (Lipinski definition) is 3. The lowest BCUT2D eigenvalue weighted by molar-refractivity contribution is -0.117. The number of benzene rings is 1. The van der Waals surface area contributed by atoms with Gasteiger partial charge in [0, 0.05) is 25.2 Å². The Bertz CT molecular complexity index is 671. The van der Waals surface area contributed by atoms with Crippen LogP contribution in [0.1, 0.15) is 57.8 Å². The first-order valence-electron chi connectivity index (χ1n) is 9.46. The summed E-state index contributed by atoms with van der Waals surface area (Å²) in [6.07, 6.45) is 9.33. The van der Waals surface area contributed by atoms with Crippen molar-refractivity contribution in [1.29, 1.82) is 0 Å². The fourth-order valence-corrected chi connectivity index (χ4v) is 5.35. The van der Waals surface area contributed by atoms with Crippen molar-refractivity contribution in [1.82, 2.24) is 4.31 Å². The highest BCUT2D eigenvalue weighted by molar-refractivity contribution is 7.89. The number of nitrogens with one attached hydrogen (secondary N) is 1. The molecule has 138 valence electrons. The van der Waals surface area contributed by atoms with Crippen LogP contribution >= 0.6 is 0 Å². The smallest absolute Gasteiger partial charge is 0.243 e. The molecule has 25 heavy (non-hydrogen) atoms. The summed E-state index contributed by atoms with van der Waals surface area (Å²) in [5.41, 5.74) is 0.665. The van der Waals surface area contributed by atoms with Crippen molar-refractivity contribution in [2.24, 2.45) is 5.92 Å². The molecule has 5 nitrogen and oxygen atoms in total. The second-order valence-corrected chi connectivity index (χ2v) is 9.18. The lowest BCUT2D eigenvalue weighted by atomic mass is 10.0. The maximum absolute atomic E-state index is 12.7. The number of amides is 1. The maximum atomic E-state index is 12.7. The van der Waals surface area contributed by atoms with E-state index in [4.69, 9.17) is 0 Å². The predicted octanol–water partition coefficient (Wildman–Crippen LogP) is 3.77. The van der Waals surface area contributed by atoms with Gasteiger partial charge in [0.1, 0.15) is 0 Å². The summed E-state index contributed by atoms with van der Waals surface area (Å²) in [4.78, 5) is 12.4. The highest BCUT2D eigenvalue weighted by Gasteiger charge is 2.25. The minimum atomic E-state index is -3.43. The third kappa shape index (κ3) is 4.82. The van der Waals surface area contributed by atoms with Crippen molar-refractivity contribution in [2.45, 2.75) is 62.7 Å². The van der Waals surface area contributed by atoms with Gasteiger partial charge in [0.15, 0.2) is 0 Å². The molecule has 1 heterocycles. The van der Waals surface area contributed by atoms with Crippen LogP contribution in [0.5, 0.6) is 0 Å². The summed E-state index contributed by atoms with van der Waals surface area (Å²) in [6, 6.07) is 6.59. The van der Waals surface area contributed by atoms with Crippen LogP contribution in [0.4, 0.5) is 5.69 Å². The number of rotatable bonds is 5. The number of nitrogens with zero attached hydrogens (tertiary/aromatic N) is 1. The van der Waals surface area contributed by atoms with Gasteiger partial charge in [0.05, 0.1) is 4.90 Å². The van der Waals surface area contributed by atoms with Gasteiger partial charge < -0.3 is 5.32 Å². The van der Waals surface area contributed by atoms with E-state index in [0.717, 1.165) is 38.5 Å². The maximum Gasteiger partial charge on any atom is 0.243 e. The zero-order valence-electron chi connectivity index (χ0n) is 14.7. The second kappa shape index (κ2) is 8.32. The summed E-state index contributed by atoms with van der Waals surface area (Å²) in [7, 11) is -3.43. The number of anilines is 1. The molecule has 0 unspecified atom stereocenters. The number of sulfonamides is 1. The molecule has 0 atom stereocenters. The summed E-state index contributed by atoms with van der Waals surface area (Å²) >= 11 is 0. The Hall–Kier alpha value is -1.40. The molecule has 0 aromatic heterocycles. The van der Waals surface area contributed by atoms with Gasteiger partial charge in [-0.25, -0.2) is 8.42 Å². The third-order valence-corrected chi connectivity index (χ3v) is 7.20. The monoisotopic (exact) mass is 364 g/mol. The van der Waals surface area contributed by atoms with Gasteiger partial charge >= 0.3 is 0 Å². The first kappa shape index (κ1) is 18.4. The van der Waals surface area contributed by atoms with Crippen LogP contribution in [0.2, 0.25) is 0 Å². The quantitative estimate of drug-likeness (QED) is 0.865. The van der Waals surface area contributed by atoms with E-state index in [-0.39, 0.29) is 5.91 Å². The molecule has 1 aliphatic carbocycles. The molecular weight excluding hydrogens is 336 g/mol. The van der Waals surface area contributed by atoms with Crippen molar-refractivity contribution in [3.8, 4) is 0 Å². The van der Waals surface area contributed by atoms with Crippen molar-refractivity contribution in [3.63, 3.8) is 0 Å². The molecule has 1 saturated heterocycles. The Morgan fingerprint density at radius 3 is 2.16 bits per heavy atom. The van der Waals surface area contributed by atoms with Crippen LogP contribution in [-0.2, 0) is 14.8 Å². The molecule has 2 aliphatic rings. The molecular formula is C19H28N2O3S. The SMILES string of the molecule is O=C(CC1CCCC1)Nc1ccc(S(=O)(=O)N2CCCCCC2)cc1. The predicted molar refractivity (Wildman–Crippen MR) is 98.9 cm³/mol. The zero-order valence-corrected chi connectivity index (χ0v) is 15.6.